The van der Waals surface area contributed by atoms with Gasteiger partial charge in [0, 0.05) is 6.42 Å². The number of aliphatic hydroxyl groups excluding tert-OH is 5. The van der Waals surface area contributed by atoms with Crippen LogP contribution in [0.5, 0.6) is 0 Å². The summed E-state index contributed by atoms with van der Waals surface area (Å²) in [6, 6.07) is 0. The number of aliphatic hydroxyl groups is 5. The van der Waals surface area contributed by atoms with Gasteiger partial charge in [-0.3, -0.25) is 4.79 Å². The smallest absolute Gasteiger partial charge is 0.481 e. The topological polar surface area (TPSA) is 216 Å². The Morgan fingerprint density at radius 1 is 0.893 bits per heavy atom. The zero-order valence-corrected chi connectivity index (χ0v) is 16.2. The molecule has 0 aromatic heterocycles. The Labute approximate surface area is 165 Å². The third kappa shape index (κ3) is 24.9. The molecule has 0 fully saturated rings. The summed E-state index contributed by atoms with van der Waals surface area (Å²) in [7, 11) is -2.17. The Kier molecular flexibility index (Phi) is 25.0. The minimum absolute atomic E-state index is 0.0258. The van der Waals surface area contributed by atoms with Crippen molar-refractivity contribution in [3.05, 3.63) is 0 Å². The van der Waals surface area contributed by atoms with E-state index in [0.29, 0.717) is 6.42 Å². The molecule has 0 saturated heterocycles. The lowest BCUT2D eigenvalue weighted by atomic mass is 10.0. The molecule has 0 spiro atoms. The van der Waals surface area contributed by atoms with Crippen molar-refractivity contribution in [3.63, 3.8) is 0 Å². The largest absolute Gasteiger partial charge is 0.631 e. The van der Waals surface area contributed by atoms with Crippen LogP contribution < -0.4 is 0 Å². The molecule has 0 aromatic rings. The van der Waals surface area contributed by atoms with Crippen LogP contribution in [0, 0.1) is 0 Å². The average molecular weight is 414 g/mol. The Morgan fingerprint density at radius 2 is 1.32 bits per heavy atom. The maximum atomic E-state index is 10.1. The molecule has 168 valence electrons. The van der Waals surface area contributed by atoms with Crippen LogP contribution in [0.3, 0.4) is 0 Å². The molecule has 0 rings (SSSR count). The van der Waals surface area contributed by atoms with Crippen LogP contribution in [-0.4, -0.2) is 96.3 Å². The summed E-state index contributed by atoms with van der Waals surface area (Å²) in [5.41, 5.74) is 0. The van der Waals surface area contributed by atoms with Gasteiger partial charge in [-0.15, -0.1) is 0 Å². The number of hydrogen-bond acceptors (Lipinski definition) is 10. The van der Waals surface area contributed by atoms with Crippen LogP contribution in [0.15, 0.2) is 0 Å². The van der Waals surface area contributed by atoms with E-state index in [0.717, 1.165) is 12.8 Å². The molecule has 0 aliphatic rings. The van der Waals surface area contributed by atoms with Crippen molar-refractivity contribution in [1.82, 2.24) is 0 Å². The molecule has 0 bridgehead atoms. The van der Waals surface area contributed by atoms with E-state index in [2.05, 4.69) is 6.92 Å². The van der Waals surface area contributed by atoms with Gasteiger partial charge in [-0.1, -0.05) is 45.4 Å². The Bertz CT molecular complexity index is 355. The van der Waals surface area contributed by atoms with E-state index < -0.39 is 44.3 Å². The second kappa shape index (κ2) is 22.2. The van der Waals surface area contributed by atoms with E-state index in [4.69, 9.17) is 45.7 Å². The standard InChI is InChI=1S/C10H20O2.C6H12O6.BH3O3/c1-2-3-4-5-6-7-8-9-10(11)12;7-1-3(9)5(11)6(12)4(10)2-8;2-1(3)4/h2-9H2,1H3,(H,11,12);1,3-6,8-12H,2H2;2-4H/t;3-,4+,5+,6+;/m.0./s1. The molecular weight excluding hydrogens is 379 g/mol. The highest BCUT2D eigenvalue weighted by atomic mass is 16.5. The molecule has 28 heavy (non-hydrogen) atoms. The van der Waals surface area contributed by atoms with Gasteiger partial charge in [-0.05, 0) is 6.42 Å². The van der Waals surface area contributed by atoms with Crippen molar-refractivity contribution >= 4 is 19.6 Å². The molecule has 0 aliphatic heterocycles. The van der Waals surface area contributed by atoms with Gasteiger partial charge in [0.05, 0.1) is 6.61 Å². The van der Waals surface area contributed by atoms with Crippen LogP contribution in [0.2, 0.25) is 0 Å². The van der Waals surface area contributed by atoms with Crippen molar-refractivity contribution in [1.29, 1.82) is 0 Å². The predicted molar refractivity (Wildman–Crippen MR) is 99.8 cm³/mol. The number of aldehydes is 1. The third-order valence-electron chi connectivity index (χ3n) is 3.41. The highest BCUT2D eigenvalue weighted by Crippen LogP contribution is 2.08. The molecule has 0 saturated carbocycles. The van der Waals surface area contributed by atoms with Gasteiger partial charge < -0.3 is 50.5 Å². The molecule has 11 nitrogen and oxygen atoms in total. The summed E-state index contributed by atoms with van der Waals surface area (Å²) in [6.07, 6.45) is 1.80. The fourth-order valence-electron chi connectivity index (χ4n) is 1.85. The van der Waals surface area contributed by atoms with Crippen molar-refractivity contribution in [2.24, 2.45) is 0 Å². The number of hydrogen-bond donors (Lipinski definition) is 9. The van der Waals surface area contributed by atoms with Gasteiger partial charge in [0.2, 0.25) is 0 Å². The maximum Gasteiger partial charge on any atom is 0.631 e. The lowest BCUT2D eigenvalue weighted by Gasteiger charge is -2.22. The van der Waals surface area contributed by atoms with Gasteiger partial charge in [-0.2, -0.15) is 0 Å². The summed E-state index contributed by atoms with van der Waals surface area (Å²) < 4.78 is 0. The number of aliphatic carboxylic acids is 1. The first-order chi connectivity index (χ1) is 13.0. The predicted octanol–water partition coefficient (Wildman–Crippen LogP) is -2.22. The van der Waals surface area contributed by atoms with Gasteiger partial charge >= 0.3 is 13.3 Å². The second-order valence-corrected chi connectivity index (χ2v) is 5.97. The van der Waals surface area contributed by atoms with Crippen molar-refractivity contribution in [2.45, 2.75) is 82.7 Å². The molecular formula is C16H35BO11. The lowest BCUT2D eigenvalue weighted by Crippen LogP contribution is -2.46. The average Bonchev–Trinajstić information content (AvgIpc) is 2.64. The fourth-order valence-corrected chi connectivity index (χ4v) is 1.85. The number of carboxylic acids is 1. The van der Waals surface area contributed by atoms with Crippen molar-refractivity contribution in [3.8, 4) is 0 Å². The summed E-state index contributed by atoms with van der Waals surface area (Å²) >= 11 is 0. The lowest BCUT2D eigenvalue weighted by molar-refractivity contribution is -0.137. The van der Waals surface area contributed by atoms with E-state index in [9.17, 15) is 9.59 Å². The molecule has 12 heteroatoms. The van der Waals surface area contributed by atoms with Crippen LogP contribution >= 0.6 is 0 Å². The highest BCUT2D eigenvalue weighted by molar-refractivity contribution is 6.30. The van der Waals surface area contributed by atoms with Crippen LogP contribution in [0.1, 0.15) is 58.3 Å². The zero-order valence-electron chi connectivity index (χ0n) is 16.2. The molecule has 0 heterocycles. The van der Waals surface area contributed by atoms with E-state index in [1.54, 1.807) is 0 Å². The summed E-state index contributed by atoms with van der Waals surface area (Å²) in [5, 5.41) is 73.4. The van der Waals surface area contributed by atoms with E-state index in [1.165, 1.54) is 32.1 Å². The van der Waals surface area contributed by atoms with E-state index in [1.807, 2.05) is 0 Å². The third-order valence-corrected chi connectivity index (χ3v) is 3.41. The molecule has 0 aromatic carbocycles. The summed E-state index contributed by atoms with van der Waals surface area (Å²) in [6.45, 7) is 1.44. The summed E-state index contributed by atoms with van der Waals surface area (Å²) in [5.74, 6) is -0.663. The van der Waals surface area contributed by atoms with Crippen LogP contribution in [0.4, 0.5) is 0 Å². The number of rotatable bonds is 13. The van der Waals surface area contributed by atoms with Gasteiger partial charge in [-0.25, -0.2) is 0 Å². The second-order valence-electron chi connectivity index (χ2n) is 5.97. The maximum absolute atomic E-state index is 10.1. The van der Waals surface area contributed by atoms with Gasteiger partial charge in [0.1, 0.15) is 24.4 Å². The molecule has 4 atom stereocenters. The van der Waals surface area contributed by atoms with E-state index in [-0.39, 0.29) is 6.29 Å². The number of carbonyl (C=O) groups is 2. The first kappa shape index (κ1) is 31.6. The number of unbranched alkanes of at least 4 members (excludes halogenated alkanes) is 6. The highest BCUT2D eigenvalue weighted by Gasteiger charge is 2.29. The first-order valence-electron chi connectivity index (χ1n) is 9.09. The first-order valence-corrected chi connectivity index (χ1v) is 9.09. The quantitative estimate of drug-likeness (QED) is 0.0893. The fraction of sp³-hybridized carbons (Fsp3) is 0.875. The zero-order chi connectivity index (χ0) is 22.5. The Balaban J connectivity index is -0.000000375. The summed E-state index contributed by atoms with van der Waals surface area (Å²) in [4.78, 5) is 20.0. The van der Waals surface area contributed by atoms with Crippen molar-refractivity contribution < 1.29 is 55.3 Å². The molecule has 9 N–H and O–H groups in total. The molecule has 0 unspecified atom stereocenters. The van der Waals surface area contributed by atoms with Gasteiger partial charge in [0.15, 0.2) is 6.29 Å². The van der Waals surface area contributed by atoms with Crippen LogP contribution in [-0.2, 0) is 9.59 Å². The SMILES string of the molecule is CCCCCCCCCC(=O)O.O=C[C@H](O)[C@@H](O)[C@H](O)[C@H](O)CO.OB(O)O. The van der Waals surface area contributed by atoms with Crippen molar-refractivity contribution in [2.75, 3.05) is 6.61 Å². The van der Waals surface area contributed by atoms with E-state index >= 15 is 0 Å². The molecule has 0 radical (unpaired) electrons. The Morgan fingerprint density at radius 3 is 1.68 bits per heavy atom. The molecule has 0 amide bonds. The Hall–Kier alpha value is -1.12. The normalized spacial score (nSPS) is 14.3. The monoisotopic (exact) mass is 414 g/mol. The van der Waals surface area contributed by atoms with Crippen LogP contribution in [0.25, 0.3) is 0 Å². The molecule has 0 aliphatic carbocycles. The minimum atomic E-state index is -2.17. The minimum Gasteiger partial charge on any atom is -0.481 e. The number of carboxylic acid groups (broad SMARTS) is 1. The number of carbonyl (C=O) groups excluding carboxylic acids is 1. The van der Waals surface area contributed by atoms with Gasteiger partial charge in [0.25, 0.3) is 0 Å².